The smallest absolute Gasteiger partial charge is 0.161 e. The van der Waals surface area contributed by atoms with Gasteiger partial charge in [-0.2, -0.15) is 0 Å². The molecule has 0 aliphatic carbocycles. The molecule has 1 heterocycles. The Bertz CT molecular complexity index is 450. The lowest BCUT2D eigenvalue weighted by Crippen LogP contribution is -2.29. The van der Waals surface area contributed by atoms with Gasteiger partial charge < -0.3 is 19.5 Å². The Labute approximate surface area is 127 Å². The molecule has 4 heteroatoms. The summed E-state index contributed by atoms with van der Waals surface area (Å²) < 4.78 is 17.4. The van der Waals surface area contributed by atoms with Crippen LogP contribution in [0, 0.1) is 0 Å². The van der Waals surface area contributed by atoms with Crippen molar-refractivity contribution >= 4 is 0 Å². The summed E-state index contributed by atoms with van der Waals surface area (Å²) in [6.45, 7) is 7.37. The molecule has 0 amide bonds. The fourth-order valence-electron chi connectivity index (χ4n) is 2.91. The second-order valence-electron chi connectivity index (χ2n) is 5.40. The van der Waals surface area contributed by atoms with Crippen LogP contribution in [0.25, 0.3) is 0 Å². The van der Waals surface area contributed by atoms with Gasteiger partial charge in [-0.05, 0) is 58.4 Å². The lowest BCUT2D eigenvalue weighted by molar-refractivity contribution is 0.0332. The SMILES string of the molecule is CCOc1ccc(C(NC)C2CCC(C)O2)cc1OCC. The van der Waals surface area contributed by atoms with E-state index < -0.39 is 0 Å². The van der Waals surface area contributed by atoms with Crippen molar-refractivity contribution in [1.29, 1.82) is 0 Å². The van der Waals surface area contributed by atoms with Crippen LogP contribution in [0.3, 0.4) is 0 Å². The molecule has 1 saturated heterocycles. The van der Waals surface area contributed by atoms with Crippen LogP contribution in [-0.2, 0) is 4.74 Å². The van der Waals surface area contributed by atoms with Crippen LogP contribution in [0.2, 0.25) is 0 Å². The molecule has 0 bridgehead atoms. The minimum Gasteiger partial charge on any atom is -0.490 e. The molecule has 0 saturated carbocycles. The highest BCUT2D eigenvalue weighted by Gasteiger charge is 2.30. The van der Waals surface area contributed by atoms with Crippen LogP contribution in [0.5, 0.6) is 11.5 Å². The van der Waals surface area contributed by atoms with Crippen molar-refractivity contribution in [3.05, 3.63) is 23.8 Å². The van der Waals surface area contributed by atoms with E-state index in [-0.39, 0.29) is 12.1 Å². The number of hydrogen-bond donors (Lipinski definition) is 1. The van der Waals surface area contributed by atoms with E-state index in [1.165, 1.54) is 5.56 Å². The molecule has 4 nitrogen and oxygen atoms in total. The monoisotopic (exact) mass is 293 g/mol. The fraction of sp³-hybridized carbons (Fsp3) is 0.647. The Balaban J connectivity index is 2.22. The highest BCUT2D eigenvalue weighted by molar-refractivity contribution is 5.44. The molecule has 0 aromatic heterocycles. The van der Waals surface area contributed by atoms with Gasteiger partial charge in [0.15, 0.2) is 11.5 Å². The van der Waals surface area contributed by atoms with Gasteiger partial charge in [0.1, 0.15) is 0 Å². The first-order valence-electron chi connectivity index (χ1n) is 7.91. The molecule has 1 fully saturated rings. The molecule has 1 aromatic carbocycles. The summed E-state index contributed by atoms with van der Waals surface area (Å²) in [5.74, 6) is 1.61. The zero-order chi connectivity index (χ0) is 15.2. The number of rotatable bonds is 7. The maximum absolute atomic E-state index is 6.01. The minimum absolute atomic E-state index is 0.185. The number of hydrogen-bond acceptors (Lipinski definition) is 4. The largest absolute Gasteiger partial charge is 0.490 e. The van der Waals surface area contributed by atoms with Crippen LogP contribution in [0.1, 0.15) is 45.2 Å². The molecule has 21 heavy (non-hydrogen) atoms. The Kier molecular flexibility index (Phi) is 5.88. The first-order valence-corrected chi connectivity index (χ1v) is 7.91. The maximum Gasteiger partial charge on any atom is 0.161 e. The van der Waals surface area contributed by atoms with Crippen molar-refractivity contribution < 1.29 is 14.2 Å². The van der Waals surface area contributed by atoms with Gasteiger partial charge in [0.2, 0.25) is 0 Å². The second kappa shape index (κ2) is 7.66. The summed E-state index contributed by atoms with van der Waals surface area (Å²) in [5.41, 5.74) is 1.18. The Morgan fingerprint density at radius 3 is 2.48 bits per heavy atom. The molecule has 1 N–H and O–H groups in total. The highest BCUT2D eigenvalue weighted by Crippen LogP contribution is 2.35. The van der Waals surface area contributed by atoms with Gasteiger partial charge in [0.25, 0.3) is 0 Å². The lowest BCUT2D eigenvalue weighted by atomic mass is 9.99. The van der Waals surface area contributed by atoms with Crippen molar-refractivity contribution in [2.24, 2.45) is 0 Å². The standard InChI is InChI=1S/C17H27NO3/c1-5-19-14-10-8-13(11-16(14)20-6-2)17(18-4)15-9-7-12(3)21-15/h8,10-12,15,17-18H,5-7,9H2,1-4H3. The van der Waals surface area contributed by atoms with Crippen molar-refractivity contribution in [2.75, 3.05) is 20.3 Å². The number of ether oxygens (including phenoxy) is 3. The van der Waals surface area contributed by atoms with Gasteiger partial charge in [0, 0.05) is 0 Å². The van der Waals surface area contributed by atoms with Crippen LogP contribution in [0.15, 0.2) is 18.2 Å². The summed E-state index contributed by atoms with van der Waals surface area (Å²) >= 11 is 0. The van der Waals surface area contributed by atoms with E-state index in [0.29, 0.717) is 19.3 Å². The van der Waals surface area contributed by atoms with Crippen LogP contribution >= 0.6 is 0 Å². The second-order valence-corrected chi connectivity index (χ2v) is 5.40. The normalized spacial score (nSPS) is 23.0. The van der Waals surface area contributed by atoms with Crippen molar-refractivity contribution in [2.45, 2.75) is 51.9 Å². The third kappa shape index (κ3) is 3.89. The Hall–Kier alpha value is -1.26. The number of benzene rings is 1. The van der Waals surface area contributed by atoms with Crippen LogP contribution in [-0.4, -0.2) is 32.5 Å². The molecule has 1 aliphatic rings. The van der Waals surface area contributed by atoms with Crippen molar-refractivity contribution in [1.82, 2.24) is 5.32 Å². The molecule has 3 atom stereocenters. The molecule has 0 radical (unpaired) electrons. The van der Waals surface area contributed by atoms with Gasteiger partial charge in [-0.25, -0.2) is 0 Å². The fourth-order valence-corrected chi connectivity index (χ4v) is 2.91. The van der Waals surface area contributed by atoms with Gasteiger partial charge in [-0.3, -0.25) is 0 Å². The first kappa shape index (κ1) is 16.1. The predicted molar refractivity (Wildman–Crippen MR) is 84.1 cm³/mol. The van der Waals surface area contributed by atoms with E-state index in [1.54, 1.807) is 0 Å². The topological polar surface area (TPSA) is 39.7 Å². The quantitative estimate of drug-likeness (QED) is 0.837. The lowest BCUT2D eigenvalue weighted by Gasteiger charge is -2.24. The summed E-state index contributed by atoms with van der Waals surface area (Å²) in [6, 6.07) is 6.35. The molecule has 118 valence electrons. The zero-order valence-corrected chi connectivity index (χ0v) is 13.5. The average Bonchev–Trinajstić information content (AvgIpc) is 2.89. The minimum atomic E-state index is 0.185. The van der Waals surface area contributed by atoms with Gasteiger partial charge in [-0.1, -0.05) is 6.07 Å². The molecule has 2 rings (SSSR count). The van der Waals surface area contributed by atoms with E-state index in [9.17, 15) is 0 Å². The Morgan fingerprint density at radius 1 is 1.19 bits per heavy atom. The van der Waals surface area contributed by atoms with E-state index in [2.05, 4.69) is 24.4 Å². The average molecular weight is 293 g/mol. The van der Waals surface area contributed by atoms with E-state index >= 15 is 0 Å². The third-order valence-corrected chi connectivity index (χ3v) is 3.87. The molecular weight excluding hydrogens is 266 g/mol. The summed E-state index contributed by atoms with van der Waals surface area (Å²) in [7, 11) is 1.98. The van der Waals surface area contributed by atoms with Gasteiger partial charge in [0.05, 0.1) is 31.5 Å². The summed E-state index contributed by atoms with van der Waals surface area (Å²) in [6.07, 6.45) is 2.78. The van der Waals surface area contributed by atoms with E-state index in [1.807, 2.05) is 27.0 Å². The van der Waals surface area contributed by atoms with Crippen molar-refractivity contribution in [3.8, 4) is 11.5 Å². The third-order valence-electron chi connectivity index (χ3n) is 3.87. The number of nitrogens with one attached hydrogen (secondary N) is 1. The van der Waals surface area contributed by atoms with E-state index in [0.717, 1.165) is 24.3 Å². The molecule has 1 aromatic rings. The zero-order valence-electron chi connectivity index (χ0n) is 13.5. The molecule has 1 aliphatic heterocycles. The predicted octanol–water partition coefficient (Wildman–Crippen LogP) is 3.31. The molecule has 0 spiro atoms. The Morgan fingerprint density at radius 2 is 1.90 bits per heavy atom. The van der Waals surface area contributed by atoms with Crippen molar-refractivity contribution in [3.63, 3.8) is 0 Å². The van der Waals surface area contributed by atoms with Gasteiger partial charge in [-0.15, -0.1) is 0 Å². The molecular formula is C17H27NO3. The number of likely N-dealkylation sites (N-methyl/N-ethyl adjacent to an activating group) is 1. The van der Waals surface area contributed by atoms with Gasteiger partial charge >= 0.3 is 0 Å². The van der Waals surface area contributed by atoms with E-state index in [4.69, 9.17) is 14.2 Å². The van der Waals surface area contributed by atoms with Crippen LogP contribution in [0.4, 0.5) is 0 Å². The summed E-state index contributed by atoms with van der Waals surface area (Å²) in [4.78, 5) is 0. The first-order chi connectivity index (χ1) is 10.2. The summed E-state index contributed by atoms with van der Waals surface area (Å²) in [5, 5.41) is 3.38. The molecule has 3 unspecified atom stereocenters. The maximum atomic E-state index is 6.01. The highest BCUT2D eigenvalue weighted by atomic mass is 16.5. The van der Waals surface area contributed by atoms with Crippen LogP contribution < -0.4 is 14.8 Å².